The lowest BCUT2D eigenvalue weighted by molar-refractivity contribution is -0.124. The van der Waals surface area contributed by atoms with Gasteiger partial charge in [0.05, 0.1) is 0 Å². The van der Waals surface area contributed by atoms with Crippen LogP contribution in [0.15, 0.2) is 29.2 Å². The molecule has 7 heteroatoms. The average Bonchev–Trinajstić information content (AvgIpc) is 2.92. The van der Waals surface area contributed by atoms with Crippen LogP contribution in [0.3, 0.4) is 0 Å². The minimum atomic E-state index is -0.646. The molecular weight excluding hydrogens is 364 g/mol. The fraction of sp³-hybridized carbons (Fsp3) is 0.350. The second kappa shape index (κ2) is 9.41. The van der Waals surface area contributed by atoms with E-state index in [1.165, 1.54) is 12.5 Å². The minimum Gasteiger partial charge on any atom is -0.451 e. The maximum absolute atomic E-state index is 12.2. The zero-order chi connectivity index (χ0) is 20.0. The predicted octanol–water partition coefficient (Wildman–Crippen LogP) is 3.21. The fourth-order valence-corrected chi connectivity index (χ4v) is 3.50. The van der Waals surface area contributed by atoms with Gasteiger partial charge in [-0.1, -0.05) is 17.7 Å². The van der Waals surface area contributed by atoms with Gasteiger partial charge in [0, 0.05) is 28.5 Å². The lowest BCUT2D eigenvalue weighted by Crippen LogP contribution is -2.30. The van der Waals surface area contributed by atoms with Crippen molar-refractivity contribution in [3.63, 3.8) is 0 Å². The highest BCUT2D eigenvalue weighted by molar-refractivity contribution is 7.99. The number of benzene rings is 1. The summed E-state index contributed by atoms with van der Waals surface area (Å²) in [6.07, 6.45) is 0. The van der Waals surface area contributed by atoms with Gasteiger partial charge in [0.25, 0.3) is 5.91 Å². The van der Waals surface area contributed by atoms with Crippen LogP contribution in [0.5, 0.6) is 0 Å². The number of carbonyl (C=O) groups is 3. The van der Waals surface area contributed by atoms with Crippen molar-refractivity contribution in [3.8, 4) is 0 Å². The van der Waals surface area contributed by atoms with Crippen molar-refractivity contribution in [1.29, 1.82) is 0 Å². The first-order valence-corrected chi connectivity index (χ1v) is 9.61. The van der Waals surface area contributed by atoms with Crippen LogP contribution in [0.4, 0.5) is 0 Å². The number of amides is 1. The molecule has 1 heterocycles. The zero-order valence-electron chi connectivity index (χ0n) is 16.0. The standard InChI is InChI=1S/C20H24N2O4S/c1-12-5-7-16(8-6-12)27-10-9-21-17(24)11-26-20(25)19-13(2)18(15(4)23)14(3)22-19/h5-8,22H,9-11H2,1-4H3,(H,21,24). The van der Waals surface area contributed by atoms with Gasteiger partial charge in [0.1, 0.15) is 5.69 Å². The number of ketones is 1. The van der Waals surface area contributed by atoms with E-state index >= 15 is 0 Å². The maximum atomic E-state index is 12.2. The van der Waals surface area contributed by atoms with E-state index in [2.05, 4.69) is 10.3 Å². The average molecular weight is 388 g/mol. The zero-order valence-corrected chi connectivity index (χ0v) is 16.8. The van der Waals surface area contributed by atoms with Crippen LogP contribution >= 0.6 is 11.8 Å². The van der Waals surface area contributed by atoms with E-state index in [0.717, 1.165) is 10.6 Å². The molecule has 0 radical (unpaired) electrons. The molecule has 1 aromatic carbocycles. The van der Waals surface area contributed by atoms with Crippen molar-refractivity contribution >= 4 is 29.4 Å². The number of thioether (sulfide) groups is 1. The lowest BCUT2D eigenvalue weighted by Gasteiger charge is -2.07. The van der Waals surface area contributed by atoms with Gasteiger partial charge in [0.2, 0.25) is 0 Å². The van der Waals surface area contributed by atoms with E-state index in [0.29, 0.717) is 23.4 Å². The number of nitrogens with one attached hydrogen (secondary N) is 2. The van der Waals surface area contributed by atoms with Gasteiger partial charge in [-0.2, -0.15) is 0 Å². The molecule has 0 aliphatic rings. The Morgan fingerprint density at radius 3 is 2.37 bits per heavy atom. The number of carbonyl (C=O) groups excluding carboxylic acids is 3. The van der Waals surface area contributed by atoms with Crippen molar-refractivity contribution in [2.24, 2.45) is 0 Å². The van der Waals surface area contributed by atoms with Crippen LogP contribution < -0.4 is 5.32 Å². The molecule has 0 saturated heterocycles. The Labute approximate surface area is 163 Å². The Morgan fingerprint density at radius 2 is 1.78 bits per heavy atom. The van der Waals surface area contributed by atoms with Crippen LogP contribution in [0, 0.1) is 20.8 Å². The molecule has 2 N–H and O–H groups in total. The molecule has 0 atom stereocenters. The normalized spacial score (nSPS) is 10.5. The van der Waals surface area contributed by atoms with E-state index in [-0.39, 0.29) is 24.0 Å². The second-order valence-electron chi connectivity index (χ2n) is 6.27. The third-order valence-electron chi connectivity index (χ3n) is 4.04. The SMILES string of the molecule is CC(=O)c1c(C)[nH]c(C(=O)OCC(=O)NCCSc2ccc(C)cc2)c1C. The first kappa shape index (κ1) is 20.8. The molecule has 6 nitrogen and oxygen atoms in total. The summed E-state index contributed by atoms with van der Waals surface area (Å²) in [4.78, 5) is 39.6. The topological polar surface area (TPSA) is 88.3 Å². The van der Waals surface area contributed by atoms with Crippen LogP contribution in [-0.2, 0) is 9.53 Å². The largest absolute Gasteiger partial charge is 0.451 e. The van der Waals surface area contributed by atoms with Crippen molar-refractivity contribution < 1.29 is 19.1 Å². The molecule has 27 heavy (non-hydrogen) atoms. The fourth-order valence-electron chi connectivity index (χ4n) is 2.73. The molecule has 2 rings (SSSR count). The number of aromatic amines is 1. The molecule has 0 aliphatic heterocycles. The summed E-state index contributed by atoms with van der Waals surface area (Å²) in [7, 11) is 0. The number of H-pyrrole nitrogens is 1. The summed E-state index contributed by atoms with van der Waals surface area (Å²) in [5, 5.41) is 2.72. The Hall–Kier alpha value is -2.54. The summed E-state index contributed by atoms with van der Waals surface area (Å²) < 4.78 is 5.05. The molecule has 2 aromatic rings. The Balaban J connectivity index is 1.75. The first-order chi connectivity index (χ1) is 12.8. The number of esters is 1. The summed E-state index contributed by atoms with van der Waals surface area (Å²) in [5.74, 6) is -0.406. The summed E-state index contributed by atoms with van der Waals surface area (Å²) in [6.45, 7) is 7.00. The molecule has 0 saturated carbocycles. The van der Waals surface area contributed by atoms with Crippen LogP contribution in [-0.4, -0.2) is 41.5 Å². The quantitative estimate of drug-likeness (QED) is 0.314. The second-order valence-corrected chi connectivity index (χ2v) is 7.44. The summed E-state index contributed by atoms with van der Waals surface area (Å²) >= 11 is 1.64. The Bertz CT molecular complexity index is 840. The monoisotopic (exact) mass is 388 g/mol. The van der Waals surface area contributed by atoms with Gasteiger partial charge < -0.3 is 15.0 Å². The Kier molecular flexibility index (Phi) is 7.24. The van der Waals surface area contributed by atoms with Gasteiger partial charge in [-0.25, -0.2) is 4.79 Å². The number of aromatic nitrogens is 1. The lowest BCUT2D eigenvalue weighted by atomic mass is 10.1. The third-order valence-corrected chi connectivity index (χ3v) is 5.06. The van der Waals surface area contributed by atoms with E-state index in [9.17, 15) is 14.4 Å². The number of hydrogen-bond donors (Lipinski definition) is 2. The maximum Gasteiger partial charge on any atom is 0.355 e. The smallest absolute Gasteiger partial charge is 0.355 e. The number of ether oxygens (including phenoxy) is 1. The molecule has 1 aromatic heterocycles. The number of rotatable bonds is 8. The van der Waals surface area contributed by atoms with E-state index in [1.54, 1.807) is 25.6 Å². The van der Waals surface area contributed by atoms with Crippen LogP contribution in [0.25, 0.3) is 0 Å². The van der Waals surface area contributed by atoms with Gasteiger partial charge >= 0.3 is 5.97 Å². The Morgan fingerprint density at radius 1 is 1.11 bits per heavy atom. The van der Waals surface area contributed by atoms with Crippen molar-refractivity contribution in [2.45, 2.75) is 32.6 Å². The molecule has 1 amide bonds. The summed E-state index contributed by atoms with van der Waals surface area (Å²) in [5.41, 5.74) is 3.06. The first-order valence-electron chi connectivity index (χ1n) is 8.63. The van der Waals surface area contributed by atoms with Crippen LogP contribution in [0.2, 0.25) is 0 Å². The molecule has 0 unspecified atom stereocenters. The molecular formula is C20H24N2O4S. The van der Waals surface area contributed by atoms with Crippen molar-refractivity contribution in [2.75, 3.05) is 18.9 Å². The van der Waals surface area contributed by atoms with Crippen molar-refractivity contribution in [1.82, 2.24) is 10.3 Å². The van der Waals surface area contributed by atoms with Gasteiger partial charge in [-0.15, -0.1) is 11.8 Å². The highest BCUT2D eigenvalue weighted by atomic mass is 32.2. The van der Waals surface area contributed by atoms with E-state index in [4.69, 9.17) is 4.74 Å². The third kappa shape index (κ3) is 5.72. The molecule has 144 valence electrons. The van der Waals surface area contributed by atoms with Gasteiger partial charge in [-0.3, -0.25) is 9.59 Å². The number of hydrogen-bond acceptors (Lipinski definition) is 5. The van der Waals surface area contributed by atoms with E-state index in [1.807, 2.05) is 31.2 Å². The predicted molar refractivity (Wildman–Crippen MR) is 105 cm³/mol. The molecule has 0 spiro atoms. The number of aryl methyl sites for hydroxylation is 2. The highest BCUT2D eigenvalue weighted by Gasteiger charge is 2.21. The summed E-state index contributed by atoms with van der Waals surface area (Å²) in [6, 6.07) is 8.17. The van der Waals surface area contributed by atoms with Gasteiger partial charge in [-0.05, 0) is 45.4 Å². The van der Waals surface area contributed by atoms with Crippen molar-refractivity contribution in [3.05, 3.63) is 52.3 Å². The molecule has 0 fully saturated rings. The minimum absolute atomic E-state index is 0.121. The van der Waals surface area contributed by atoms with Gasteiger partial charge in [0.15, 0.2) is 12.4 Å². The van der Waals surface area contributed by atoms with E-state index < -0.39 is 5.97 Å². The molecule has 0 bridgehead atoms. The number of Topliss-reactive ketones (excluding diaryl/α,β-unsaturated/α-hetero) is 1. The highest BCUT2D eigenvalue weighted by Crippen LogP contribution is 2.19. The van der Waals surface area contributed by atoms with Crippen LogP contribution in [0.1, 0.15) is 44.6 Å². The molecule has 0 aliphatic carbocycles.